The molecule has 78 heavy (non-hydrogen) atoms. The van der Waals surface area contributed by atoms with E-state index in [2.05, 4.69) is 184 Å². The number of nitrogens with two attached hydrogens (primary N) is 1. The summed E-state index contributed by atoms with van der Waals surface area (Å²) in [5.74, 6) is -0.901. The summed E-state index contributed by atoms with van der Waals surface area (Å²) in [6.07, 6.45) is 91.3. The molecule has 0 heterocycles. The minimum atomic E-state index is -4.41. The number of ether oxygens (including phenoxy) is 2. The molecule has 3 N–H and O–H groups in total. The fourth-order valence-corrected chi connectivity index (χ4v) is 8.18. The van der Waals surface area contributed by atoms with Gasteiger partial charge in [0.15, 0.2) is 6.10 Å². The lowest BCUT2D eigenvalue weighted by molar-refractivity contribution is -0.161. The lowest BCUT2D eigenvalue weighted by atomic mass is 10.1. The first-order valence-corrected chi connectivity index (χ1v) is 31.6. The second-order valence-electron chi connectivity index (χ2n) is 19.1. The van der Waals surface area contributed by atoms with Crippen LogP contribution < -0.4 is 5.73 Å². The van der Waals surface area contributed by atoms with Gasteiger partial charge in [-0.25, -0.2) is 4.57 Å². The standard InChI is InChI=1S/C68H108NO8P/c1-3-5-7-9-11-13-15-17-19-21-23-24-25-26-27-28-29-30-31-32-33-34-35-36-37-38-39-40-41-42-43-45-47-49-51-53-55-57-59-61-68(71)77-66(65-76-78(72,73)75-63-62-69)64-74-67(70)60-58-56-54-52-50-48-46-44-22-20-18-16-14-12-10-8-6-4-2/h5,7,11,13-14,16-17,19-20,22-24,26-27,29-30,32-33,35-36,38-39,41-42,45,47,51,53,66H,3-4,6,8-10,12,15,18,21,25,28,31,34,37,40,43-44,46,48-50,52,54-65,69H2,1-2H3,(H,72,73)/b7-5-,13-11-,16-14-,19-17-,22-20-,24-23-,27-26-,30-29-,33-32-,36-35-,39-38-,42-41-,47-45-,53-51-. The third kappa shape index (κ3) is 60.6. The normalized spacial score (nSPS) is 14.3. The molecule has 0 fully saturated rings. The third-order valence-corrected chi connectivity index (χ3v) is 12.8. The second kappa shape index (κ2) is 61.6. The number of rotatable bonds is 54. The van der Waals surface area contributed by atoms with Gasteiger partial charge in [-0.2, -0.15) is 0 Å². The van der Waals surface area contributed by atoms with Crippen molar-refractivity contribution in [2.45, 2.75) is 219 Å². The molecule has 0 spiro atoms. The van der Waals surface area contributed by atoms with Gasteiger partial charge in [0, 0.05) is 19.4 Å². The van der Waals surface area contributed by atoms with E-state index in [1.54, 1.807) is 0 Å². The van der Waals surface area contributed by atoms with Crippen LogP contribution in [0.3, 0.4) is 0 Å². The van der Waals surface area contributed by atoms with Crippen LogP contribution in [0.2, 0.25) is 0 Å². The van der Waals surface area contributed by atoms with Crippen molar-refractivity contribution in [3.63, 3.8) is 0 Å². The molecule has 2 atom stereocenters. The van der Waals surface area contributed by atoms with E-state index < -0.39 is 32.5 Å². The van der Waals surface area contributed by atoms with Gasteiger partial charge in [-0.05, 0) is 135 Å². The fourth-order valence-electron chi connectivity index (χ4n) is 7.41. The van der Waals surface area contributed by atoms with Crippen LogP contribution in [0.25, 0.3) is 0 Å². The van der Waals surface area contributed by atoms with E-state index in [1.807, 2.05) is 0 Å². The van der Waals surface area contributed by atoms with Gasteiger partial charge in [0.2, 0.25) is 0 Å². The molecular weight excluding hydrogens is 990 g/mol. The molecule has 438 valence electrons. The maximum Gasteiger partial charge on any atom is 0.472 e. The first kappa shape index (κ1) is 73.4. The van der Waals surface area contributed by atoms with Crippen molar-refractivity contribution in [1.29, 1.82) is 0 Å². The zero-order valence-electron chi connectivity index (χ0n) is 48.8. The zero-order valence-corrected chi connectivity index (χ0v) is 49.7. The summed E-state index contributed by atoms with van der Waals surface area (Å²) < 4.78 is 32.9. The minimum absolute atomic E-state index is 0.0357. The molecule has 10 heteroatoms. The van der Waals surface area contributed by atoms with Gasteiger partial charge in [0.1, 0.15) is 6.61 Å². The molecule has 0 rings (SSSR count). The summed E-state index contributed by atoms with van der Waals surface area (Å²) in [6.45, 7) is 3.53. The summed E-state index contributed by atoms with van der Waals surface area (Å²) in [4.78, 5) is 35.1. The third-order valence-electron chi connectivity index (χ3n) is 11.8. The molecule has 0 amide bonds. The number of carbonyl (C=O) groups excluding carboxylic acids is 2. The number of carbonyl (C=O) groups is 2. The first-order chi connectivity index (χ1) is 38.3. The Balaban J connectivity index is 4.12. The first-order valence-electron chi connectivity index (χ1n) is 30.1. The van der Waals surface area contributed by atoms with Crippen molar-refractivity contribution in [2.75, 3.05) is 26.4 Å². The van der Waals surface area contributed by atoms with Gasteiger partial charge in [-0.1, -0.05) is 235 Å². The van der Waals surface area contributed by atoms with Crippen molar-refractivity contribution in [3.05, 3.63) is 170 Å². The van der Waals surface area contributed by atoms with E-state index in [0.29, 0.717) is 12.8 Å². The second-order valence-corrected chi connectivity index (χ2v) is 20.6. The number of hydrogen-bond donors (Lipinski definition) is 2. The Morgan fingerprint density at radius 2 is 0.705 bits per heavy atom. The highest BCUT2D eigenvalue weighted by Gasteiger charge is 2.26. The van der Waals surface area contributed by atoms with Gasteiger partial charge in [-0.3, -0.25) is 18.6 Å². The van der Waals surface area contributed by atoms with E-state index in [-0.39, 0.29) is 32.6 Å². The molecule has 0 aromatic carbocycles. The summed E-state index contributed by atoms with van der Waals surface area (Å²) in [7, 11) is -4.41. The molecule has 0 bridgehead atoms. The predicted molar refractivity (Wildman–Crippen MR) is 334 cm³/mol. The van der Waals surface area contributed by atoms with Crippen LogP contribution in [-0.4, -0.2) is 49.3 Å². The molecule has 9 nitrogen and oxygen atoms in total. The Labute approximate surface area is 476 Å². The van der Waals surface area contributed by atoms with Gasteiger partial charge in [0.25, 0.3) is 0 Å². The molecule has 0 saturated carbocycles. The van der Waals surface area contributed by atoms with Crippen LogP contribution >= 0.6 is 7.82 Å². The lowest BCUT2D eigenvalue weighted by Crippen LogP contribution is -2.29. The maximum atomic E-state index is 12.7. The average molecular weight is 1100 g/mol. The molecular formula is C68H108NO8P. The number of phosphoric acid groups is 1. The van der Waals surface area contributed by atoms with Crippen LogP contribution in [0, 0.1) is 0 Å². The summed E-state index contributed by atoms with van der Waals surface area (Å²) in [6, 6.07) is 0. The van der Waals surface area contributed by atoms with Crippen LogP contribution in [-0.2, 0) is 32.7 Å². The van der Waals surface area contributed by atoms with Crippen molar-refractivity contribution in [2.24, 2.45) is 5.73 Å². The lowest BCUT2D eigenvalue weighted by Gasteiger charge is -2.19. The molecule has 0 aliphatic heterocycles. The minimum Gasteiger partial charge on any atom is -0.462 e. The Morgan fingerprint density at radius 1 is 0.397 bits per heavy atom. The highest BCUT2D eigenvalue weighted by molar-refractivity contribution is 7.47. The number of unbranched alkanes of at least 4 members (excludes halogenated alkanes) is 13. The Bertz CT molecular complexity index is 1880. The Morgan fingerprint density at radius 3 is 1.08 bits per heavy atom. The molecule has 0 aliphatic carbocycles. The molecule has 0 aliphatic rings. The van der Waals surface area contributed by atoms with E-state index in [0.717, 1.165) is 122 Å². The maximum absolute atomic E-state index is 12.7. The summed E-state index contributed by atoms with van der Waals surface area (Å²) in [5, 5.41) is 0. The largest absolute Gasteiger partial charge is 0.472 e. The molecule has 0 aromatic heterocycles. The fraction of sp³-hybridized carbons (Fsp3) is 0.559. The van der Waals surface area contributed by atoms with E-state index >= 15 is 0 Å². The number of esters is 2. The topological polar surface area (TPSA) is 134 Å². The zero-order chi connectivity index (χ0) is 56.6. The van der Waals surface area contributed by atoms with Crippen LogP contribution in [0.15, 0.2) is 170 Å². The Hall–Kier alpha value is -4.63. The number of allylic oxidation sites excluding steroid dienone is 28. The van der Waals surface area contributed by atoms with Crippen molar-refractivity contribution >= 4 is 19.8 Å². The highest BCUT2D eigenvalue weighted by Crippen LogP contribution is 2.43. The SMILES string of the molecule is CC/C=C\C/C=C\C/C=C\C/C=C\C/C=C\C/C=C\C/C=C\C/C=C\C/C=C\C/C=C\C/C=C\C/C=C\CCCCC(=O)OC(COC(=O)CCCCCCCCC/C=C\C/C=C\CCCCCC)COP(=O)(O)OCCN. The van der Waals surface area contributed by atoms with Gasteiger partial charge >= 0.3 is 19.8 Å². The van der Waals surface area contributed by atoms with Gasteiger partial charge in [0.05, 0.1) is 13.2 Å². The molecule has 0 radical (unpaired) electrons. The highest BCUT2D eigenvalue weighted by atomic mass is 31.2. The van der Waals surface area contributed by atoms with Gasteiger partial charge in [-0.15, -0.1) is 0 Å². The van der Waals surface area contributed by atoms with E-state index in [1.165, 1.54) is 51.4 Å². The van der Waals surface area contributed by atoms with Crippen molar-refractivity contribution < 1.29 is 37.6 Å². The molecule has 0 aromatic rings. The summed E-state index contributed by atoms with van der Waals surface area (Å²) >= 11 is 0. The van der Waals surface area contributed by atoms with Crippen LogP contribution in [0.1, 0.15) is 213 Å². The quantitative estimate of drug-likeness (QED) is 0.0264. The molecule has 2 unspecified atom stereocenters. The monoisotopic (exact) mass is 1100 g/mol. The predicted octanol–water partition coefficient (Wildman–Crippen LogP) is 19.5. The Kier molecular flexibility index (Phi) is 57.9. The van der Waals surface area contributed by atoms with Crippen LogP contribution in [0.5, 0.6) is 0 Å². The number of phosphoric ester groups is 1. The van der Waals surface area contributed by atoms with E-state index in [4.69, 9.17) is 24.3 Å². The van der Waals surface area contributed by atoms with Crippen molar-refractivity contribution in [3.8, 4) is 0 Å². The van der Waals surface area contributed by atoms with Gasteiger partial charge < -0.3 is 20.1 Å². The molecule has 0 saturated heterocycles. The number of hydrogen-bond acceptors (Lipinski definition) is 8. The van der Waals surface area contributed by atoms with Crippen molar-refractivity contribution in [1.82, 2.24) is 0 Å². The van der Waals surface area contributed by atoms with E-state index in [9.17, 15) is 19.0 Å². The summed E-state index contributed by atoms with van der Waals surface area (Å²) in [5.41, 5.74) is 5.37. The van der Waals surface area contributed by atoms with Crippen LogP contribution in [0.4, 0.5) is 0 Å². The average Bonchev–Trinajstić information content (AvgIpc) is 3.43. The smallest absolute Gasteiger partial charge is 0.462 e.